The third kappa shape index (κ3) is 6.23. The molecule has 0 aliphatic rings. The van der Waals surface area contributed by atoms with Crippen LogP contribution in [0.15, 0.2) is 17.5 Å². The van der Waals surface area contributed by atoms with Gasteiger partial charge in [0.15, 0.2) is 0 Å². The summed E-state index contributed by atoms with van der Waals surface area (Å²) < 4.78 is 0. The molecule has 0 saturated carbocycles. The monoisotopic (exact) mass is 253 g/mol. The van der Waals surface area contributed by atoms with Crippen molar-refractivity contribution in [2.75, 3.05) is 0 Å². The Morgan fingerprint density at radius 2 is 1.94 bits per heavy atom. The molecule has 1 aromatic heterocycles. The summed E-state index contributed by atoms with van der Waals surface area (Å²) >= 11 is 1.85. The van der Waals surface area contributed by atoms with Crippen molar-refractivity contribution < 1.29 is 0 Å². The van der Waals surface area contributed by atoms with Gasteiger partial charge >= 0.3 is 0 Å². The van der Waals surface area contributed by atoms with E-state index >= 15 is 0 Å². The lowest BCUT2D eigenvalue weighted by atomic mass is 10.1. The topological polar surface area (TPSA) is 12.0 Å². The Bertz CT molecular complexity index is 268. The van der Waals surface area contributed by atoms with Gasteiger partial charge in [-0.15, -0.1) is 11.3 Å². The van der Waals surface area contributed by atoms with E-state index in [4.69, 9.17) is 0 Å². The predicted molar refractivity (Wildman–Crippen MR) is 78.7 cm³/mol. The van der Waals surface area contributed by atoms with Crippen LogP contribution in [0.25, 0.3) is 0 Å². The first-order valence-corrected chi connectivity index (χ1v) is 7.91. The molecule has 1 aromatic rings. The molecule has 1 heterocycles. The first-order chi connectivity index (χ1) is 8.24. The van der Waals surface area contributed by atoms with Crippen LogP contribution in [0.4, 0.5) is 0 Å². The standard InChI is InChI=1S/C15H27NS/c1-4-5-6-7-8-10-13(2)16-14(3)15-11-9-12-17-15/h9,11-14,16H,4-8,10H2,1-3H3. The van der Waals surface area contributed by atoms with E-state index in [1.165, 1.54) is 43.4 Å². The van der Waals surface area contributed by atoms with Gasteiger partial charge in [0.1, 0.15) is 0 Å². The van der Waals surface area contributed by atoms with Gasteiger partial charge < -0.3 is 5.32 Å². The second-order valence-corrected chi connectivity index (χ2v) is 5.99. The Hall–Kier alpha value is -0.340. The summed E-state index contributed by atoms with van der Waals surface area (Å²) in [5.41, 5.74) is 0. The lowest BCUT2D eigenvalue weighted by Gasteiger charge is -2.19. The molecule has 1 N–H and O–H groups in total. The van der Waals surface area contributed by atoms with Gasteiger partial charge in [0.25, 0.3) is 0 Å². The van der Waals surface area contributed by atoms with Crippen LogP contribution < -0.4 is 5.32 Å². The highest BCUT2D eigenvalue weighted by atomic mass is 32.1. The number of thiophene rings is 1. The van der Waals surface area contributed by atoms with Gasteiger partial charge in [-0.1, -0.05) is 45.1 Å². The second-order valence-electron chi connectivity index (χ2n) is 5.01. The van der Waals surface area contributed by atoms with Gasteiger partial charge in [0, 0.05) is 17.0 Å². The van der Waals surface area contributed by atoms with Gasteiger partial charge in [0.2, 0.25) is 0 Å². The number of nitrogens with one attached hydrogen (secondary N) is 1. The molecule has 1 nitrogen and oxygen atoms in total. The van der Waals surface area contributed by atoms with Crippen molar-refractivity contribution in [3.8, 4) is 0 Å². The molecule has 0 radical (unpaired) electrons. The minimum absolute atomic E-state index is 0.501. The fraction of sp³-hybridized carbons (Fsp3) is 0.733. The highest BCUT2D eigenvalue weighted by Gasteiger charge is 2.09. The van der Waals surface area contributed by atoms with E-state index in [0.717, 1.165) is 0 Å². The fourth-order valence-electron chi connectivity index (χ4n) is 2.18. The van der Waals surface area contributed by atoms with Gasteiger partial charge in [0.05, 0.1) is 0 Å². The van der Waals surface area contributed by atoms with Crippen LogP contribution in [0.1, 0.15) is 70.2 Å². The highest BCUT2D eigenvalue weighted by molar-refractivity contribution is 7.10. The van der Waals surface area contributed by atoms with Gasteiger partial charge in [-0.25, -0.2) is 0 Å². The van der Waals surface area contributed by atoms with E-state index < -0.39 is 0 Å². The van der Waals surface area contributed by atoms with E-state index in [2.05, 4.69) is 43.6 Å². The van der Waals surface area contributed by atoms with Crippen molar-refractivity contribution in [2.24, 2.45) is 0 Å². The lowest BCUT2D eigenvalue weighted by molar-refractivity contribution is 0.439. The maximum Gasteiger partial charge on any atom is 0.0388 e. The summed E-state index contributed by atoms with van der Waals surface area (Å²) in [6.07, 6.45) is 8.21. The molecular weight excluding hydrogens is 226 g/mol. The first-order valence-electron chi connectivity index (χ1n) is 7.03. The molecule has 0 bridgehead atoms. The number of hydrogen-bond acceptors (Lipinski definition) is 2. The van der Waals surface area contributed by atoms with E-state index in [0.29, 0.717) is 12.1 Å². The molecule has 0 fully saturated rings. The zero-order valence-corrected chi connectivity index (χ0v) is 12.4. The Labute approximate surface area is 111 Å². The van der Waals surface area contributed by atoms with E-state index in [1.54, 1.807) is 0 Å². The third-order valence-electron chi connectivity index (χ3n) is 3.25. The molecule has 0 aromatic carbocycles. The van der Waals surface area contributed by atoms with Crippen molar-refractivity contribution in [2.45, 2.75) is 71.4 Å². The van der Waals surface area contributed by atoms with Gasteiger partial charge in [-0.2, -0.15) is 0 Å². The first kappa shape index (κ1) is 14.7. The zero-order chi connectivity index (χ0) is 12.5. The molecule has 17 heavy (non-hydrogen) atoms. The zero-order valence-electron chi connectivity index (χ0n) is 11.5. The van der Waals surface area contributed by atoms with Crippen molar-refractivity contribution in [3.63, 3.8) is 0 Å². The summed E-state index contributed by atoms with van der Waals surface area (Å²) in [5.74, 6) is 0. The third-order valence-corrected chi connectivity index (χ3v) is 4.30. The molecule has 0 aliphatic carbocycles. The normalized spacial score (nSPS) is 14.8. The van der Waals surface area contributed by atoms with Gasteiger partial charge in [-0.05, 0) is 31.7 Å². The summed E-state index contributed by atoms with van der Waals surface area (Å²) in [6, 6.07) is 5.48. The van der Waals surface area contributed by atoms with E-state index in [-0.39, 0.29) is 0 Å². The average Bonchev–Trinajstić information content (AvgIpc) is 2.82. The van der Waals surface area contributed by atoms with Crippen LogP contribution >= 0.6 is 11.3 Å². The number of unbranched alkanes of at least 4 members (excludes halogenated alkanes) is 4. The lowest BCUT2D eigenvalue weighted by Crippen LogP contribution is -2.28. The van der Waals surface area contributed by atoms with Crippen LogP contribution in [0, 0.1) is 0 Å². The molecular formula is C15H27NS. The molecule has 1 rings (SSSR count). The SMILES string of the molecule is CCCCCCCC(C)NC(C)c1cccs1. The largest absolute Gasteiger partial charge is 0.307 e. The summed E-state index contributed by atoms with van der Waals surface area (Å²) in [5, 5.41) is 5.84. The summed E-state index contributed by atoms with van der Waals surface area (Å²) in [4.78, 5) is 1.45. The average molecular weight is 253 g/mol. The molecule has 0 aliphatic heterocycles. The van der Waals surface area contributed by atoms with Crippen molar-refractivity contribution in [1.29, 1.82) is 0 Å². The van der Waals surface area contributed by atoms with Crippen molar-refractivity contribution >= 4 is 11.3 Å². The minimum Gasteiger partial charge on any atom is -0.307 e. The van der Waals surface area contributed by atoms with E-state index in [9.17, 15) is 0 Å². The quantitative estimate of drug-likeness (QED) is 0.600. The molecule has 0 amide bonds. The fourth-order valence-corrected chi connectivity index (χ4v) is 2.93. The Kier molecular flexibility index (Phi) is 7.54. The summed E-state index contributed by atoms with van der Waals surface area (Å²) in [7, 11) is 0. The number of hydrogen-bond donors (Lipinski definition) is 1. The maximum absolute atomic E-state index is 3.68. The van der Waals surface area contributed by atoms with Crippen LogP contribution in [-0.2, 0) is 0 Å². The van der Waals surface area contributed by atoms with Crippen molar-refractivity contribution in [3.05, 3.63) is 22.4 Å². The molecule has 0 spiro atoms. The van der Waals surface area contributed by atoms with E-state index in [1.807, 2.05) is 11.3 Å². The summed E-state index contributed by atoms with van der Waals surface area (Å²) in [6.45, 7) is 6.84. The molecule has 0 saturated heterocycles. The van der Waals surface area contributed by atoms with Crippen molar-refractivity contribution in [1.82, 2.24) is 5.32 Å². The Morgan fingerprint density at radius 1 is 1.18 bits per heavy atom. The Balaban J connectivity index is 2.10. The Morgan fingerprint density at radius 3 is 2.59 bits per heavy atom. The molecule has 98 valence electrons. The maximum atomic E-state index is 3.68. The highest BCUT2D eigenvalue weighted by Crippen LogP contribution is 2.19. The molecule has 2 heteroatoms. The van der Waals surface area contributed by atoms with Crippen LogP contribution in [0.3, 0.4) is 0 Å². The second kappa shape index (κ2) is 8.71. The predicted octanol–water partition coefficient (Wildman–Crippen LogP) is 5.15. The smallest absolute Gasteiger partial charge is 0.0388 e. The van der Waals surface area contributed by atoms with Crippen LogP contribution in [-0.4, -0.2) is 6.04 Å². The van der Waals surface area contributed by atoms with Crippen LogP contribution in [0.5, 0.6) is 0 Å². The molecule has 2 atom stereocenters. The van der Waals surface area contributed by atoms with Crippen LogP contribution in [0.2, 0.25) is 0 Å². The minimum atomic E-state index is 0.501. The molecule has 2 unspecified atom stereocenters. The van der Waals surface area contributed by atoms with Gasteiger partial charge in [-0.3, -0.25) is 0 Å². The number of rotatable bonds is 9.